The van der Waals surface area contributed by atoms with Crippen LogP contribution < -0.4 is 5.32 Å². The van der Waals surface area contributed by atoms with Gasteiger partial charge in [-0.2, -0.15) is 4.31 Å². The van der Waals surface area contributed by atoms with Gasteiger partial charge in [0, 0.05) is 13.1 Å². The lowest BCUT2D eigenvalue weighted by Gasteiger charge is -2.46. The molecule has 2 N–H and O–H groups in total. The second-order valence-electron chi connectivity index (χ2n) is 9.11. The van der Waals surface area contributed by atoms with E-state index in [1.54, 1.807) is 25.1 Å². The van der Waals surface area contributed by atoms with Crippen molar-refractivity contribution in [2.24, 2.45) is 0 Å². The Bertz CT molecular complexity index is 1160. The van der Waals surface area contributed by atoms with Crippen LogP contribution in [0.1, 0.15) is 37.3 Å². The molecule has 2 aromatic carbocycles. The normalized spacial score (nSPS) is 21.6. The smallest absolute Gasteiger partial charge is 0.326 e. The number of rotatable bonds is 7. The first-order valence-electron chi connectivity index (χ1n) is 11.6. The average molecular weight is 486 g/mol. The molecule has 2 aromatic rings. The monoisotopic (exact) mass is 485 g/mol. The third-order valence-electron chi connectivity index (χ3n) is 6.88. The molecular formula is C25H31N3O5S. The van der Waals surface area contributed by atoms with Crippen molar-refractivity contribution in [3.63, 3.8) is 0 Å². The van der Waals surface area contributed by atoms with Crippen LogP contribution in [-0.4, -0.2) is 65.4 Å². The minimum absolute atomic E-state index is 0.196. The number of carbonyl (C=O) groups excluding carboxylic acids is 1. The van der Waals surface area contributed by atoms with Gasteiger partial charge in [0.2, 0.25) is 15.9 Å². The van der Waals surface area contributed by atoms with E-state index in [1.165, 1.54) is 9.21 Å². The van der Waals surface area contributed by atoms with Crippen LogP contribution in [0.25, 0.3) is 0 Å². The second kappa shape index (κ2) is 9.48. The summed E-state index contributed by atoms with van der Waals surface area (Å²) in [5.41, 5.74) is 0.946. The van der Waals surface area contributed by atoms with E-state index in [0.717, 1.165) is 11.1 Å². The van der Waals surface area contributed by atoms with Crippen LogP contribution in [0.3, 0.4) is 0 Å². The van der Waals surface area contributed by atoms with Gasteiger partial charge in [0.1, 0.15) is 6.04 Å². The van der Waals surface area contributed by atoms with E-state index < -0.39 is 33.7 Å². The molecule has 4 rings (SSSR count). The van der Waals surface area contributed by atoms with E-state index in [0.29, 0.717) is 19.3 Å². The predicted molar refractivity (Wildman–Crippen MR) is 128 cm³/mol. The number of nitrogens with zero attached hydrogens (tertiary/aromatic N) is 2. The number of aryl methyl sites for hydroxylation is 1. The van der Waals surface area contributed by atoms with Gasteiger partial charge in [-0.05, 0) is 55.9 Å². The molecule has 2 heterocycles. The number of carboxylic acid groups (broad SMARTS) is 1. The van der Waals surface area contributed by atoms with Gasteiger partial charge >= 0.3 is 5.97 Å². The van der Waals surface area contributed by atoms with Crippen molar-refractivity contribution in [2.75, 3.05) is 13.1 Å². The highest BCUT2D eigenvalue weighted by Crippen LogP contribution is 2.37. The van der Waals surface area contributed by atoms with Gasteiger partial charge in [-0.3, -0.25) is 10.1 Å². The molecule has 2 unspecified atom stereocenters. The number of aliphatic carboxylic acids is 1. The standard InChI is InChI=1S/C25H31N3O5S/c1-3-22(24(30)31)28-23(29)21(17-19-9-5-4-6-10-19)26-25(28)12-14-27(15-13-25)34(32,33)20-11-7-8-18(2)16-20/h4-11,16,21-22,26H,3,12-15,17H2,1-2H3,(H,30,31). The molecule has 1 amide bonds. The number of carboxylic acids is 1. The third-order valence-corrected chi connectivity index (χ3v) is 8.78. The maximum atomic E-state index is 13.5. The van der Waals surface area contributed by atoms with Gasteiger partial charge in [0.25, 0.3) is 0 Å². The van der Waals surface area contributed by atoms with Crippen molar-refractivity contribution in [1.82, 2.24) is 14.5 Å². The Kier molecular flexibility index (Phi) is 6.80. The zero-order valence-corrected chi connectivity index (χ0v) is 20.3. The third kappa shape index (κ3) is 4.47. The fourth-order valence-corrected chi connectivity index (χ4v) is 6.70. The fourth-order valence-electron chi connectivity index (χ4n) is 5.15. The van der Waals surface area contributed by atoms with E-state index in [9.17, 15) is 23.1 Å². The Morgan fingerprint density at radius 2 is 1.82 bits per heavy atom. The van der Waals surface area contributed by atoms with Crippen molar-refractivity contribution < 1.29 is 23.1 Å². The first-order valence-corrected chi connectivity index (χ1v) is 13.1. The largest absolute Gasteiger partial charge is 0.480 e. The topological polar surface area (TPSA) is 107 Å². The second-order valence-corrected chi connectivity index (χ2v) is 11.0. The van der Waals surface area contributed by atoms with E-state index in [-0.39, 0.29) is 30.3 Å². The first-order chi connectivity index (χ1) is 16.2. The molecule has 34 heavy (non-hydrogen) atoms. The SMILES string of the molecule is CCC(C(=O)O)N1C(=O)C(Cc2ccccc2)NC12CCN(S(=O)(=O)c1cccc(C)c1)CC2. The summed E-state index contributed by atoms with van der Waals surface area (Å²) in [7, 11) is -3.68. The maximum absolute atomic E-state index is 13.5. The summed E-state index contributed by atoms with van der Waals surface area (Å²) < 4.78 is 27.9. The number of piperidine rings is 1. The molecule has 0 bridgehead atoms. The highest BCUT2D eigenvalue weighted by Gasteiger charge is 2.55. The molecule has 0 saturated carbocycles. The van der Waals surface area contributed by atoms with E-state index in [2.05, 4.69) is 5.32 Å². The molecule has 1 spiro atoms. The molecule has 0 aliphatic carbocycles. The number of carbonyl (C=O) groups is 2. The number of hydrogen-bond donors (Lipinski definition) is 2. The van der Waals surface area contributed by atoms with Crippen molar-refractivity contribution >= 4 is 21.9 Å². The average Bonchev–Trinajstić information content (AvgIpc) is 3.06. The summed E-state index contributed by atoms with van der Waals surface area (Å²) in [6, 6.07) is 14.9. The summed E-state index contributed by atoms with van der Waals surface area (Å²) in [4.78, 5) is 27.3. The quantitative estimate of drug-likeness (QED) is 0.624. The minimum Gasteiger partial charge on any atom is -0.480 e. The molecular weight excluding hydrogens is 454 g/mol. The molecule has 2 aliphatic rings. The number of nitrogens with one attached hydrogen (secondary N) is 1. The highest BCUT2D eigenvalue weighted by molar-refractivity contribution is 7.89. The Morgan fingerprint density at radius 1 is 1.15 bits per heavy atom. The van der Waals surface area contributed by atoms with Crippen LogP contribution in [0.15, 0.2) is 59.5 Å². The van der Waals surface area contributed by atoms with Crippen LogP contribution in [-0.2, 0) is 26.0 Å². The molecule has 8 nitrogen and oxygen atoms in total. The minimum atomic E-state index is -3.68. The molecule has 9 heteroatoms. The number of benzene rings is 2. The van der Waals surface area contributed by atoms with Gasteiger partial charge in [-0.1, -0.05) is 49.4 Å². The zero-order chi connectivity index (χ0) is 24.5. The van der Waals surface area contributed by atoms with E-state index in [4.69, 9.17) is 0 Å². The predicted octanol–water partition coefficient (Wildman–Crippen LogP) is 2.38. The lowest BCUT2D eigenvalue weighted by atomic mass is 9.95. The van der Waals surface area contributed by atoms with Gasteiger partial charge in [0.15, 0.2) is 0 Å². The van der Waals surface area contributed by atoms with Crippen molar-refractivity contribution in [1.29, 1.82) is 0 Å². The Hall–Kier alpha value is -2.75. The Morgan fingerprint density at radius 3 is 2.41 bits per heavy atom. The van der Waals surface area contributed by atoms with Crippen LogP contribution in [0, 0.1) is 6.92 Å². The number of amides is 1. The van der Waals surface area contributed by atoms with E-state index in [1.807, 2.05) is 43.3 Å². The van der Waals surface area contributed by atoms with Crippen LogP contribution >= 0.6 is 0 Å². The lowest BCUT2D eigenvalue weighted by molar-refractivity contribution is -0.154. The summed E-state index contributed by atoms with van der Waals surface area (Å²) in [6.07, 6.45) is 1.35. The Balaban J connectivity index is 1.60. The molecule has 2 aliphatic heterocycles. The highest BCUT2D eigenvalue weighted by atomic mass is 32.2. The van der Waals surface area contributed by atoms with Gasteiger partial charge in [-0.15, -0.1) is 0 Å². The van der Waals surface area contributed by atoms with Gasteiger partial charge in [0.05, 0.1) is 16.6 Å². The van der Waals surface area contributed by atoms with Crippen LogP contribution in [0.5, 0.6) is 0 Å². The van der Waals surface area contributed by atoms with E-state index >= 15 is 0 Å². The molecule has 0 radical (unpaired) electrons. The summed E-state index contributed by atoms with van der Waals surface area (Å²) in [5, 5.41) is 13.3. The zero-order valence-electron chi connectivity index (χ0n) is 19.5. The molecule has 2 saturated heterocycles. The molecule has 0 aromatic heterocycles. The van der Waals surface area contributed by atoms with Gasteiger partial charge in [-0.25, -0.2) is 13.2 Å². The van der Waals surface area contributed by atoms with Gasteiger partial charge < -0.3 is 10.0 Å². The first kappa shape index (κ1) is 24.4. The lowest BCUT2D eigenvalue weighted by Crippen LogP contribution is -2.63. The number of hydrogen-bond acceptors (Lipinski definition) is 5. The van der Waals surface area contributed by atoms with Crippen molar-refractivity contribution in [3.8, 4) is 0 Å². The fraction of sp³-hybridized carbons (Fsp3) is 0.440. The summed E-state index contributed by atoms with van der Waals surface area (Å²) >= 11 is 0. The van der Waals surface area contributed by atoms with Crippen molar-refractivity contribution in [3.05, 3.63) is 65.7 Å². The van der Waals surface area contributed by atoms with Crippen LogP contribution in [0.2, 0.25) is 0 Å². The summed E-state index contributed by atoms with van der Waals surface area (Å²) in [6.45, 7) is 3.99. The Labute approximate surface area is 200 Å². The molecule has 182 valence electrons. The molecule has 2 fully saturated rings. The molecule has 2 atom stereocenters. The van der Waals surface area contributed by atoms with Crippen molar-refractivity contribution in [2.45, 2.75) is 62.2 Å². The van der Waals surface area contributed by atoms with Crippen LogP contribution in [0.4, 0.5) is 0 Å². The maximum Gasteiger partial charge on any atom is 0.326 e. The summed E-state index contributed by atoms with van der Waals surface area (Å²) in [5.74, 6) is -1.29. The number of sulfonamides is 1.